The molecule has 16 heavy (non-hydrogen) atoms. The molecule has 0 unspecified atom stereocenters. The number of amidine groups is 1. The predicted molar refractivity (Wildman–Crippen MR) is 58.9 cm³/mol. The van der Waals surface area contributed by atoms with E-state index in [1.165, 1.54) is 0 Å². The number of nitrogens with zero attached hydrogens (tertiary/aromatic N) is 1. The van der Waals surface area contributed by atoms with Crippen LogP contribution < -0.4 is 10.5 Å². The van der Waals surface area contributed by atoms with Crippen LogP contribution in [0, 0.1) is 6.92 Å². The number of aryl methyl sites for hydroxylation is 1. The van der Waals surface area contributed by atoms with Gasteiger partial charge in [-0.05, 0) is 19.1 Å². The molecule has 1 aromatic rings. The Morgan fingerprint density at radius 2 is 2.31 bits per heavy atom. The van der Waals surface area contributed by atoms with Gasteiger partial charge >= 0.3 is 0 Å². The summed E-state index contributed by atoms with van der Waals surface area (Å²) in [5.74, 6) is 0.674. The number of benzene rings is 1. The lowest BCUT2D eigenvalue weighted by atomic mass is 10.1. The third-order valence-corrected chi connectivity index (χ3v) is 2.42. The summed E-state index contributed by atoms with van der Waals surface area (Å²) in [5, 5.41) is 11.7. The standard InChI is InChI=1S/C11H14N2O3/c1-7-2-3-10(16-8-5-15-6-8)9(4-7)11(12)13-14/h2-4,8,14H,5-6H2,1H3,(H2,12,13). The van der Waals surface area contributed by atoms with Crippen LogP contribution in [0.4, 0.5) is 0 Å². The van der Waals surface area contributed by atoms with E-state index in [2.05, 4.69) is 5.16 Å². The number of nitrogens with two attached hydrogens (primary N) is 1. The zero-order valence-corrected chi connectivity index (χ0v) is 9.01. The van der Waals surface area contributed by atoms with Crippen molar-refractivity contribution in [3.05, 3.63) is 29.3 Å². The molecular weight excluding hydrogens is 208 g/mol. The molecule has 0 spiro atoms. The van der Waals surface area contributed by atoms with E-state index in [4.69, 9.17) is 20.4 Å². The lowest BCUT2D eigenvalue weighted by Crippen LogP contribution is -2.39. The average Bonchev–Trinajstić information content (AvgIpc) is 2.23. The summed E-state index contributed by atoms with van der Waals surface area (Å²) in [4.78, 5) is 0. The second kappa shape index (κ2) is 4.40. The molecule has 5 heteroatoms. The molecule has 1 aliphatic rings. The number of oxime groups is 1. The number of hydrogen-bond donors (Lipinski definition) is 2. The Labute approximate surface area is 93.5 Å². The minimum Gasteiger partial charge on any atom is -0.485 e. The molecule has 3 N–H and O–H groups in total. The predicted octanol–water partition coefficient (Wildman–Crippen LogP) is 0.867. The summed E-state index contributed by atoms with van der Waals surface area (Å²) < 4.78 is 10.7. The van der Waals surface area contributed by atoms with Crippen molar-refractivity contribution in [2.75, 3.05) is 13.2 Å². The van der Waals surface area contributed by atoms with E-state index in [0.29, 0.717) is 24.5 Å². The highest BCUT2D eigenvalue weighted by molar-refractivity contribution is 5.99. The van der Waals surface area contributed by atoms with Gasteiger partial charge in [0, 0.05) is 0 Å². The quantitative estimate of drug-likeness (QED) is 0.344. The van der Waals surface area contributed by atoms with E-state index in [0.717, 1.165) is 5.56 Å². The van der Waals surface area contributed by atoms with Gasteiger partial charge < -0.3 is 20.4 Å². The molecule has 1 aromatic carbocycles. The van der Waals surface area contributed by atoms with E-state index in [1.807, 2.05) is 25.1 Å². The number of ether oxygens (including phenoxy) is 2. The normalized spacial score (nSPS) is 16.9. The number of hydrogen-bond acceptors (Lipinski definition) is 4. The van der Waals surface area contributed by atoms with Crippen LogP contribution in [-0.2, 0) is 4.74 Å². The topological polar surface area (TPSA) is 77.1 Å². The fourth-order valence-corrected chi connectivity index (χ4v) is 1.46. The minimum atomic E-state index is 0.0546. The van der Waals surface area contributed by atoms with Gasteiger partial charge in [0.25, 0.3) is 0 Å². The maximum absolute atomic E-state index is 8.69. The molecule has 1 heterocycles. The molecule has 86 valence electrons. The van der Waals surface area contributed by atoms with E-state index in [-0.39, 0.29) is 11.9 Å². The molecule has 0 aliphatic carbocycles. The van der Waals surface area contributed by atoms with Crippen molar-refractivity contribution in [2.45, 2.75) is 13.0 Å². The molecule has 0 aromatic heterocycles. The average molecular weight is 222 g/mol. The molecule has 1 fully saturated rings. The van der Waals surface area contributed by atoms with Crippen LogP contribution in [0.1, 0.15) is 11.1 Å². The van der Waals surface area contributed by atoms with Crippen molar-refractivity contribution in [1.82, 2.24) is 0 Å². The van der Waals surface area contributed by atoms with E-state index < -0.39 is 0 Å². The van der Waals surface area contributed by atoms with Crippen molar-refractivity contribution in [3.8, 4) is 5.75 Å². The Kier molecular flexibility index (Phi) is 2.96. The van der Waals surface area contributed by atoms with Gasteiger partial charge in [0.15, 0.2) is 5.84 Å². The van der Waals surface area contributed by atoms with Crippen LogP contribution in [0.25, 0.3) is 0 Å². The second-order valence-corrected chi connectivity index (χ2v) is 3.76. The Morgan fingerprint density at radius 1 is 1.56 bits per heavy atom. The van der Waals surface area contributed by atoms with Gasteiger partial charge in [0.1, 0.15) is 11.9 Å². The van der Waals surface area contributed by atoms with Gasteiger partial charge in [-0.15, -0.1) is 0 Å². The largest absolute Gasteiger partial charge is 0.485 e. The van der Waals surface area contributed by atoms with Crippen molar-refractivity contribution < 1.29 is 14.7 Å². The molecule has 0 saturated carbocycles. The molecule has 5 nitrogen and oxygen atoms in total. The van der Waals surface area contributed by atoms with Crippen LogP contribution in [0.2, 0.25) is 0 Å². The molecule has 0 amide bonds. The summed E-state index contributed by atoms with van der Waals surface area (Å²) in [6.07, 6.45) is 0.0629. The highest BCUT2D eigenvalue weighted by atomic mass is 16.6. The molecule has 1 saturated heterocycles. The lowest BCUT2D eigenvalue weighted by Gasteiger charge is -2.27. The van der Waals surface area contributed by atoms with Gasteiger partial charge in [-0.25, -0.2) is 0 Å². The number of rotatable bonds is 3. The SMILES string of the molecule is Cc1ccc(OC2COC2)c(/C(N)=N/O)c1. The Morgan fingerprint density at radius 3 is 2.88 bits per heavy atom. The summed E-state index contributed by atoms with van der Waals surface area (Å²) in [7, 11) is 0. The third kappa shape index (κ3) is 2.09. The first kappa shape index (κ1) is 10.8. The maximum atomic E-state index is 8.69. The summed E-state index contributed by atoms with van der Waals surface area (Å²) in [5.41, 5.74) is 7.22. The smallest absolute Gasteiger partial charge is 0.173 e. The molecule has 0 bridgehead atoms. The van der Waals surface area contributed by atoms with E-state index >= 15 is 0 Å². The summed E-state index contributed by atoms with van der Waals surface area (Å²) >= 11 is 0. The van der Waals surface area contributed by atoms with Crippen LogP contribution in [0.15, 0.2) is 23.4 Å². The molecule has 0 radical (unpaired) electrons. The fourth-order valence-electron chi connectivity index (χ4n) is 1.46. The van der Waals surface area contributed by atoms with Crippen LogP contribution >= 0.6 is 0 Å². The van der Waals surface area contributed by atoms with Gasteiger partial charge in [0.2, 0.25) is 0 Å². The van der Waals surface area contributed by atoms with Crippen LogP contribution in [0.3, 0.4) is 0 Å². The van der Waals surface area contributed by atoms with Crippen LogP contribution in [0.5, 0.6) is 5.75 Å². The highest BCUT2D eigenvalue weighted by Gasteiger charge is 2.22. The van der Waals surface area contributed by atoms with Crippen molar-refractivity contribution in [1.29, 1.82) is 0 Å². The highest BCUT2D eigenvalue weighted by Crippen LogP contribution is 2.22. The van der Waals surface area contributed by atoms with Gasteiger partial charge in [-0.3, -0.25) is 0 Å². The molecule has 2 rings (SSSR count). The minimum absolute atomic E-state index is 0.0546. The fraction of sp³-hybridized carbons (Fsp3) is 0.364. The Hall–Kier alpha value is -1.75. The van der Waals surface area contributed by atoms with E-state index in [1.54, 1.807) is 0 Å². The van der Waals surface area contributed by atoms with Crippen LogP contribution in [-0.4, -0.2) is 30.4 Å². The summed E-state index contributed by atoms with van der Waals surface area (Å²) in [6, 6.07) is 5.56. The van der Waals surface area contributed by atoms with Gasteiger partial charge in [-0.2, -0.15) is 0 Å². The molecule has 1 aliphatic heterocycles. The first-order valence-electron chi connectivity index (χ1n) is 5.03. The molecule has 0 atom stereocenters. The summed E-state index contributed by atoms with van der Waals surface area (Å²) in [6.45, 7) is 3.11. The first-order valence-corrected chi connectivity index (χ1v) is 5.03. The van der Waals surface area contributed by atoms with Crippen molar-refractivity contribution in [2.24, 2.45) is 10.9 Å². The first-order chi connectivity index (χ1) is 7.70. The zero-order chi connectivity index (χ0) is 11.5. The zero-order valence-electron chi connectivity index (χ0n) is 9.01. The molecular formula is C11H14N2O3. The van der Waals surface area contributed by atoms with Gasteiger partial charge in [-0.1, -0.05) is 16.8 Å². The lowest BCUT2D eigenvalue weighted by molar-refractivity contribution is -0.0797. The second-order valence-electron chi connectivity index (χ2n) is 3.76. The van der Waals surface area contributed by atoms with Crippen molar-refractivity contribution in [3.63, 3.8) is 0 Å². The maximum Gasteiger partial charge on any atom is 0.173 e. The monoisotopic (exact) mass is 222 g/mol. The van der Waals surface area contributed by atoms with E-state index in [9.17, 15) is 0 Å². The Bertz CT molecular complexity index is 414. The van der Waals surface area contributed by atoms with Gasteiger partial charge in [0.05, 0.1) is 18.8 Å². The van der Waals surface area contributed by atoms with Crippen molar-refractivity contribution >= 4 is 5.84 Å². The third-order valence-electron chi connectivity index (χ3n) is 2.42. The Balaban J connectivity index is 2.27.